The number of carbonyl (C=O) groups excluding carboxylic acids is 1. The van der Waals surface area contributed by atoms with Gasteiger partial charge in [0, 0.05) is 12.1 Å². The standard InChI is InChI=1S/C27H27NO2/c1-30-24-16-7-15-23(20-24)27(29)28(19-9-12-21-10-3-2-4-11-21)26-18-8-14-22-13-5-6-17-25(22)26/h2-7,9-13,15-17,20,26H,8,14,18-19H2,1H3/b12-9+. The quantitative estimate of drug-likeness (QED) is 0.516. The van der Waals surface area contributed by atoms with Crippen molar-refractivity contribution in [2.45, 2.75) is 25.3 Å². The van der Waals surface area contributed by atoms with Gasteiger partial charge in [-0.15, -0.1) is 0 Å². The average molecular weight is 398 g/mol. The number of ether oxygens (including phenoxy) is 1. The Hall–Kier alpha value is -3.33. The van der Waals surface area contributed by atoms with Crippen LogP contribution in [0, 0.1) is 0 Å². The van der Waals surface area contributed by atoms with E-state index in [-0.39, 0.29) is 11.9 Å². The zero-order chi connectivity index (χ0) is 20.8. The summed E-state index contributed by atoms with van der Waals surface area (Å²) in [6.07, 6.45) is 7.32. The van der Waals surface area contributed by atoms with Crippen molar-refractivity contribution in [2.75, 3.05) is 13.7 Å². The van der Waals surface area contributed by atoms with Gasteiger partial charge in [-0.2, -0.15) is 0 Å². The molecule has 4 rings (SSSR count). The molecular weight excluding hydrogens is 370 g/mol. The Morgan fingerprint density at radius 1 is 1.03 bits per heavy atom. The van der Waals surface area contributed by atoms with Crippen LogP contribution in [0.25, 0.3) is 6.08 Å². The number of aryl methyl sites for hydroxylation is 1. The summed E-state index contributed by atoms with van der Waals surface area (Å²) in [5.41, 5.74) is 4.41. The summed E-state index contributed by atoms with van der Waals surface area (Å²) in [5, 5.41) is 0. The number of nitrogens with zero attached hydrogens (tertiary/aromatic N) is 1. The molecule has 1 amide bonds. The number of hydrogen-bond donors (Lipinski definition) is 0. The van der Waals surface area contributed by atoms with E-state index in [2.05, 4.69) is 48.6 Å². The predicted molar refractivity (Wildman–Crippen MR) is 122 cm³/mol. The highest BCUT2D eigenvalue weighted by Crippen LogP contribution is 2.35. The fourth-order valence-corrected chi connectivity index (χ4v) is 4.19. The van der Waals surface area contributed by atoms with Gasteiger partial charge in [-0.25, -0.2) is 0 Å². The van der Waals surface area contributed by atoms with E-state index in [1.807, 2.05) is 47.4 Å². The third-order valence-corrected chi connectivity index (χ3v) is 5.70. The molecule has 0 heterocycles. The lowest BCUT2D eigenvalue weighted by Gasteiger charge is -2.35. The Labute approximate surface area is 178 Å². The van der Waals surface area contributed by atoms with Crippen molar-refractivity contribution in [1.29, 1.82) is 0 Å². The molecule has 3 heteroatoms. The molecule has 1 atom stereocenters. The summed E-state index contributed by atoms with van der Waals surface area (Å²) >= 11 is 0. The minimum absolute atomic E-state index is 0.0355. The molecule has 0 bridgehead atoms. The van der Waals surface area contributed by atoms with Crippen molar-refractivity contribution in [3.05, 3.63) is 107 Å². The highest BCUT2D eigenvalue weighted by molar-refractivity contribution is 5.95. The van der Waals surface area contributed by atoms with Crippen molar-refractivity contribution >= 4 is 12.0 Å². The highest BCUT2D eigenvalue weighted by Gasteiger charge is 2.29. The summed E-state index contributed by atoms with van der Waals surface area (Å²) in [7, 11) is 1.63. The Bertz CT molecular complexity index is 1030. The Morgan fingerprint density at radius 2 is 1.83 bits per heavy atom. The molecule has 0 aromatic heterocycles. The maximum atomic E-state index is 13.6. The summed E-state index contributed by atoms with van der Waals surface area (Å²) in [4.78, 5) is 15.6. The number of amides is 1. The molecule has 1 aliphatic carbocycles. The van der Waals surface area contributed by atoms with E-state index in [1.54, 1.807) is 7.11 Å². The van der Waals surface area contributed by atoms with Gasteiger partial charge in [0.1, 0.15) is 5.75 Å². The van der Waals surface area contributed by atoms with Gasteiger partial charge in [0.15, 0.2) is 0 Å². The first-order valence-electron chi connectivity index (χ1n) is 10.5. The lowest BCUT2D eigenvalue weighted by atomic mass is 9.86. The second kappa shape index (κ2) is 9.45. The molecule has 0 N–H and O–H groups in total. The summed E-state index contributed by atoms with van der Waals surface area (Å²) in [6.45, 7) is 0.559. The van der Waals surface area contributed by atoms with Crippen LogP contribution in [0.5, 0.6) is 5.75 Å². The third-order valence-electron chi connectivity index (χ3n) is 5.70. The van der Waals surface area contributed by atoms with Crippen molar-refractivity contribution in [2.24, 2.45) is 0 Å². The molecular formula is C27H27NO2. The van der Waals surface area contributed by atoms with Crippen LogP contribution in [0.2, 0.25) is 0 Å². The fraction of sp³-hybridized carbons (Fsp3) is 0.222. The van der Waals surface area contributed by atoms with Crippen LogP contribution in [0.1, 0.15) is 45.9 Å². The second-order valence-corrected chi connectivity index (χ2v) is 7.61. The van der Waals surface area contributed by atoms with Crippen LogP contribution in [-0.4, -0.2) is 24.5 Å². The van der Waals surface area contributed by atoms with E-state index < -0.39 is 0 Å². The van der Waals surface area contributed by atoms with Crippen LogP contribution in [-0.2, 0) is 6.42 Å². The molecule has 152 valence electrons. The average Bonchev–Trinajstić information content (AvgIpc) is 2.82. The predicted octanol–water partition coefficient (Wildman–Crippen LogP) is 5.93. The molecule has 0 aliphatic heterocycles. The summed E-state index contributed by atoms with van der Waals surface area (Å²) in [6, 6.07) is 26.2. The van der Waals surface area contributed by atoms with E-state index >= 15 is 0 Å². The Morgan fingerprint density at radius 3 is 2.67 bits per heavy atom. The number of hydrogen-bond acceptors (Lipinski definition) is 2. The minimum atomic E-state index is 0.0355. The molecule has 1 unspecified atom stereocenters. The van der Waals surface area contributed by atoms with Crippen LogP contribution < -0.4 is 4.74 Å². The fourth-order valence-electron chi connectivity index (χ4n) is 4.19. The molecule has 30 heavy (non-hydrogen) atoms. The van der Waals surface area contributed by atoms with Crippen molar-refractivity contribution < 1.29 is 9.53 Å². The van der Waals surface area contributed by atoms with E-state index in [0.717, 1.165) is 24.8 Å². The van der Waals surface area contributed by atoms with Gasteiger partial charge in [-0.1, -0.05) is 72.8 Å². The summed E-state index contributed by atoms with van der Waals surface area (Å²) < 4.78 is 5.34. The largest absolute Gasteiger partial charge is 0.497 e. The lowest BCUT2D eigenvalue weighted by Crippen LogP contribution is -2.37. The monoisotopic (exact) mass is 397 g/mol. The minimum Gasteiger partial charge on any atom is -0.497 e. The topological polar surface area (TPSA) is 29.5 Å². The molecule has 3 nitrogen and oxygen atoms in total. The Kier molecular flexibility index (Phi) is 6.29. The molecule has 1 aliphatic rings. The molecule has 0 fully saturated rings. The van der Waals surface area contributed by atoms with Gasteiger partial charge in [-0.05, 0) is 54.2 Å². The van der Waals surface area contributed by atoms with Crippen molar-refractivity contribution in [3.63, 3.8) is 0 Å². The molecule has 0 saturated heterocycles. The van der Waals surface area contributed by atoms with Crippen LogP contribution >= 0.6 is 0 Å². The number of fused-ring (bicyclic) bond motifs is 1. The number of rotatable bonds is 6. The first-order chi connectivity index (χ1) is 14.8. The third kappa shape index (κ3) is 4.46. The zero-order valence-corrected chi connectivity index (χ0v) is 17.3. The Balaban J connectivity index is 1.66. The number of benzene rings is 3. The van der Waals surface area contributed by atoms with Crippen LogP contribution in [0.15, 0.2) is 84.9 Å². The van der Waals surface area contributed by atoms with Crippen LogP contribution in [0.3, 0.4) is 0 Å². The first-order valence-corrected chi connectivity index (χ1v) is 10.5. The van der Waals surface area contributed by atoms with E-state index in [1.165, 1.54) is 11.1 Å². The van der Waals surface area contributed by atoms with Crippen LogP contribution in [0.4, 0.5) is 0 Å². The van der Waals surface area contributed by atoms with E-state index in [0.29, 0.717) is 17.9 Å². The van der Waals surface area contributed by atoms with Gasteiger partial charge in [0.25, 0.3) is 5.91 Å². The SMILES string of the molecule is COc1cccc(C(=O)N(C/C=C/c2ccccc2)C2CCCc3ccccc32)c1. The summed E-state index contributed by atoms with van der Waals surface area (Å²) in [5.74, 6) is 0.734. The lowest BCUT2D eigenvalue weighted by molar-refractivity contribution is 0.0684. The van der Waals surface area contributed by atoms with Crippen molar-refractivity contribution in [3.8, 4) is 5.75 Å². The van der Waals surface area contributed by atoms with Gasteiger partial charge in [0.2, 0.25) is 0 Å². The van der Waals surface area contributed by atoms with Gasteiger partial charge >= 0.3 is 0 Å². The molecule has 0 spiro atoms. The molecule has 3 aromatic carbocycles. The normalized spacial score (nSPS) is 15.6. The second-order valence-electron chi connectivity index (χ2n) is 7.61. The molecule has 0 radical (unpaired) electrons. The van der Waals surface area contributed by atoms with Crippen molar-refractivity contribution in [1.82, 2.24) is 4.90 Å². The van der Waals surface area contributed by atoms with E-state index in [9.17, 15) is 4.79 Å². The zero-order valence-electron chi connectivity index (χ0n) is 17.3. The maximum absolute atomic E-state index is 13.6. The van der Waals surface area contributed by atoms with Gasteiger partial charge in [-0.3, -0.25) is 4.79 Å². The van der Waals surface area contributed by atoms with Gasteiger partial charge < -0.3 is 9.64 Å². The van der Waals surface area contributed by atoms with E-state index in [4.69, 9.17) is 4.74 Å². The molecule has 0 saturated carbocycles. The number of carbonyl (C=O) groups is 1. The van der Waals surface area contributed by atoms with Gasteiger partial charge in [0.05, 0.1) is 13.2 Å². The maximum Gasteiger partial charge on any atom is 0.254 e. The smallest absolute Gasteiger partial charge is 0.254 e. The highest BCUT2D eigenvalue weighted by atomic mass is 16.5. The first kappa shape index (κ1) is 20.0. The number of methoxy groups -OCH3 is 1. The molecule has 3 aromatic rings.